The molecule has 1 saturated heterocycles. The molecule has 2 aromatic rings. The average molecular weight is 340 g/mol. The minimum absolute atomic E-state index is 0.0608. The summed E-state index contributed by atoms with van der Waals surface area (Å²) in [7, 11) is 0. The van der Waals surface area contributed by atoms with E-state index in [4.69, 9.17) is 23.2 Å². The number of carbonyl (C=O) groups is 1. The molecule has 2 nitrogen and oxygen atoms in total. The molecule has 1 fully saturated rings. The first-order valence-corrected chi connectivity index (χ1v) is 8.51. The second-order valence-corrected chi connectivity index (χ2v) is 7.02. The normalized spacial score (nSPS) is 22.6. The molecule has 0 N–H and O–H groups in total. The predicted molar refractivity (Wildman–Crippen MR) is 88.4 cm³/mol. The third kappa shape index (κ3) is 3.32. The van der Waals surface area contributed by atoms with E-state index in [2.05, 4.69) is 21.7 Å². The zero-order valence-corrected chi connectivity index (χ0v) is 13.7. The molecule has 2 unspecified atom stereocenters. The van der Waals surface area contributed by atoms with Crippen molar-refractivity contribution in [1.82, 2.24) is 4.90 Å². The Morgan fingerprint density at radius 2 is 2.14 bits per heavy atom. The zero-order valence-electron chi connectivity index (χ0n) is 11.3. The minimum atomic E-state index is 0.0608. The Morgan fingerprint density at radius 3 is 2.81 bits per heavy atom. The molecule has 0 amide bonds. The molecule has 0 aliphatic carbocycles. The summed E-state index contributed by atoms with van der Waals surface area (Å²) in [6.45, 7) is 2.42. The van der Waals surface area contributed by atoms with Crippen LogP contribution in [0.4, 0.5) is 0 Å². The lowest BCUT2D eigenvalue weighted by Crippen LogP contribution is -2.20. The van der Waals surface area contributed by atoms with Crippen LogP contribution in [0.2, 0.25) is 10.0 Å². The molecule has 1 aliphatic rings. The smallest absolute Gasteiger partial charge is 0.125 e. The van der Waals surface area contributed by atoms with Crippen molar-refractivity contribution in [3.05, 3.63) is 56.2 Å². The van der Waals surface area contributed by atoms with Gasteiger partial charge < -0.3 is 4.79 Å². The summed E-state index contributed by atoms with van der Waals surface area (Å²) in [6, 6.07) is 7.69. The van der Waals surface area contributed by atoms with Crippen LogP contribution < -0.4 is 0 Å². The number of likely N-dealkylation sites (tertiary alicyclic amines) is 1. The summed E-state index contributed by atoms with van der Waals surface area (Å²) in [5.41, 5.74) is 2.32. The number of carbonyl (C=O) groups excluding carboxylic acids is 1. The maximum absolute atomic E-state index is 11.4. The third-order valence-electron chi connectivity index (χ3n) is 4.00. The van der Waals surface area contributed by atoms with Crippen molar-refractivity contribution < 1.29 is 4.79 Å². The fourth-order valence-corrected chi connectivity index (χ4v) is 4.10. The monoisotopic (exact) mass is 339 g/mol. The van der Waals surface area contributed by atoms with Gasteiger partial charge in [0, 0.05) is 41.5 Å². The Morgan fingerprint density at radius 1 is 1.29 bits per heavy atom. The molecular weight excluding hydrogens is 325 g/mol. The standard InChI is InChI=1S/C16H15Cl2NOS/c17-14-2-1-11(16(18)5-14)6-19-7-13(9-20)15(8-19)12-3-4-21-10-12/h1-5,9-10,13,15H,6-8H2. The molecule has 5 heteroatoms. The Kier molecular flexibility index (Phi) is 4.65. The number of rotatable bonds is 4. The van der Waals surface area contributed by atoms with Gasteiger partial charge in [0.15, 0.2) is 0 Å². The van der Waals surface area contributed by atoms with Crippen LogP contribution in [0, 0.1) is 5.92 Å². The number of hydrogen-bond donors (Lipinski definition) is 0. The van der Waals surface area contributed by atoms with E-state index in [0.717, 1.165) is 31.5 Å². The van der Waals surface area contributed by atoms with Crippen LogP contribution in [0.15, 0.2) is 35.0 Å². The maximum atomic E-state index is 11.4. The Bertz CT molecular complexity index is 629. The first kappa shape index (κ1) is 15.0. The topological polar surface area (TPSA) is 20.3 Å². The van der Waals surface area contributed by atoms with Gasteiger partial charge in [-0.25, -0.2) is 0 Å². The first-order valence-electron chi connectivity index (χ1n) is 6.81. The van der Waals surface area contributed by atoms with Crippen molar-refractivity contribution in [3.63, 3.8) is 0 Å². The molecule has 1 aliphatic heterocycles. The molecule has 0 spiro atoms. The van der Waals surface area contributed by atoms with Gasteiger partial charge in [-0.1, -0.05) is 29.3 Å². The number of benzene rings is 1. The molecule has 1 aromatic heterocycles. The van der Waals surface area contributed by atoms with Crippen LogP contribution in [0.3, 0.4) is 0 Å². The van der Waals surface area contributed by atoms with Crippen molar-refractivity contribution in [1.29, 1.82) is 0 Å². The second kappa shape index (κ2) is 6.49. The zero-order chi connectivity index (χ0) is 14.8. The van der Waals surface area contributed by atoms with E-state index in [1.807, 2.05) is 12.1 Å². The van der Waals surface area contributed by atoms with Gasteiger partial charge in [0.2, 0.25) is 0 Å². The molecule has 3 rings (SSSR count). The maximum Gasteiger partial charge on any atom is 0.125 e. The Labute approximate surface area is 138 Å². The average Bonchev–Trinajstić information content (AvgIpc) is 3.10. The summed E-state index contributed by atoms with van der Waals surface area (Å²) in [5, 5.41) is 5.53. The molecule has 0 radical (unpaired) electrons. The lowest BCUT2D eigenvalue weighted by molar-refractivity contribution is -0.111. The van der Waals surface area contributed by atoms with Gasteiger partial charge in [0.05, 0.1) is 0 Å². The Balaban J connectivity index is 1.74. The van der Waals surface area contributed by atoms with Crippen molar-refractivity contribution in [2.24, 2.45) is 5.92 Å². The largest absolute Gasteiger partial charge is 0.303 e. The van der Waals surface area contributed by atoms with E-state index in [9.17, 15) is 4.79 Å². The number of hydrogen-bond acceptors (Lipinski definition) is 3. The van der Waals surface area contributed by atoms with E-state index in [1.165, 1.54) is 5.56 Å². The lowest BCUT2D eigenvalue weighted by Gasteiger charge is -2.16. The highest BCUT2D eigenvalue weighted by Crippen LogP contribution is 2.34. The van der Waals surface area contributed by atoms with Gasteiger partial charge >= 0.3 is 0 Å². The molecule has 1 aromatic carbocycles. The molecule has 110 valence electrons. The van der Waals surface area contributed by atoms with E-state index >= 15 is 0 Å². The van der Waals surface area contributed by atoms with Crippen LogP contribution in [-0.2, 0) is 11.3 Å². The highest BCUT2D eigenvalue weighted by atomic mass is 35.5. The van der Waals surface area contributed by atoms with E-state index in [0.29, 0.717) is 16.0 Å². The molecular formula is C16H15Cl2NOS. The van der Waals surface area contributed by atoms with E-state index < -0.39 is 0 Å². The van der Waals surface area contributed by atoms with Crippen molar-refractivity contribution in [2.45, 2.75) is 12.5 Å². The number of halogens is 2. The van der Waals surface area contributed by atoms with Gasteiger partial charge in [0.1, 0.15) is 6.29 Å². The fraction of sp³-hybridized carbons (Fsp3) is 0.312. The predicted octanol–water partition coefficient (Wildman–Crippen LogP) is 4.47. The van der Waals surface area contributed by atoms with Crippen molar-refractivity contribution in [3.8, 4) is 0 Å². The van der Waals surface area contributed by atoms with Gasteiger partial charge in [-0.15, -0.1) is 0 Å². The Hall–Kier alpha value is -0.870. The summed E-state index contributed by atoms with van der Waals surface area (Å²) in [6.07, 6.45) is 1.09. The highest BCUT2D eigenvalue weighted by Gasteiger charge is 2.33. The summed E-state index contributed by atoms with van der Waals surface area (Å²) in [4.78, 5) is 13.6. The summed E-state index contributed by atoms with van der Waals surface area (Å²) in [5.74, 6) is 0.352. The lowest BCUT2D eigenvalue weighted by atomic mass is 9.92. The van der Waals surface area contributed by atoms with Gasteiger partial charge in [-0.05, 0) is 40.1 Å². The first-order chi connectivity index (χ1) is 10.2. The van der Waals surface area contributed by atoms with Crippen LogP contribution in [-0.4, -0.2) is 24.3 Å². The van der Waals surface area contributed by atoms with Crippen LogP contribution >= 0.6 is 34.5 Å². The van der Waals surface area contributed by atoms with Gasteiger partial charge in [0.25, 0.3) is 0 Å². The molecule has 21 heavy (non-hydrogen) atoms. The second-order valence-electron chi connectivity index (χ2n) is 5.39. The van der Waals surface area contributed by atoms with Crippen LogP contribution in [0.5, 0.6) is 0 Å². The number of nitrogens with zero attached hydrogens (tertiary/aromatic N) is 1. The SMILES string of the molecule is O=CC1CN(Cc2ccc(Cl)cc2Cl)CC1c1ccsc1. The van der Waals surface area contributed by atoms with Crippen LogP contribution in [0.1, 0.15) is 17.0 Å². The van der Waals surface area contributed by atoms with E-state index in [-0.39, 0.29) is 5.92 Å². The van der Waals surface area contributed by atoms with Crippen molar-refractivity contribution in [2.75, 3.05) is 13.1 Å². The highest BCUT2D eigenvalue weighted by molar-refractivity contribution is 7.08. The molecule has 0 saturated carbocycles. The number of thiophene rings is 1. The quantitative estimate of drug-likeness (QED) is 0.766. The van der Waals surface area contributed by atoms with Crippen LogP contribution in [0.25, 0.3) is 0 Å². The van der Waals surface area contributed by atoms with Gasteiger partial charge in [-0.3, -0.25) is 4.90 Å². The summed E-state index contributed by atoms with van der Waals surface area (Å²) < 4.78 is 0. The number of aldehydes is 1. The fourth-order valence-electron chi connectivity index (χ4n) is 2.91. The molecule has 2 heterocycles. The minimum Gasteiger partial charge on any atom is -0.303 e. The summed E-state index contributed by atoms with van der Waals surface area (Å²) >= 11 is 13.8. The van der Waals surface area contributed by atoms with E-state index in [1.54, 1.807) is 17.4 Å². The third-order valence-corrected chi connectivity index (χ3v) is 5.28. The molecule has 2 atom stereocenters. The van der Waals surface area contributed by atoms with Crippen molar-refractivity contribution >= 4 is 40.8 Å². The van der Waals surface area contributed by atoms with Gasteiger partial charge in [-0.2, -0.15) is 11.3 Å². The molecule has 0 bridgehead atoms.